The minimum Gasteiger partial charge on any atom is -0.308 e. The molecule has 1 unspecified atom stereocenters. The van der Waals surface area contributed by atoms with E-state index < -0.39 is 0 Å². The summed E-state index contributed by atoms with van der Waals surface area (Å²) in [5.74, 6) is -0.241. The average Bonchev–Trinajstić information content (AvgIpc) is 2.46. The number of benzene rings is 1. The summed E-state index contributed by atoms with van der Waals surface area (Å²) in [6, 6.07) is 11.2. The van der Waals surface area contributed by atoms with Crippen molar-refractivity contribution in [3.8, 4) is 0 Å². The highest BCUT2D eigenvalue weighted by molar-refractivity contribution is 5.28. The molecule has 0 aliphatic heterocycles. The molecule has 0 saturated carbocycles. The van der Waals surface area contributed by atoms with Gasteiger partial charge < -0.3 is 5.32 Å². The molecule has 1 aromatic carbocycles. The predicted molar refractivity (Wildman–Crippen MR) is 80.1 cm³/mol. The van der Waals surface area contributed by atoms with Crippen LogP contribution >= 0.6 is 0 Å². The second-order valence-corrected chi connectivity index (χ2v) is 5.01. The first-order valence-corrected chi connectivity index (χ1v) is 7.10. The summed E-state index contributed by atoms with van der Waals surface area (Å²) in [6.07, 6.45) is 3.41. The summed E-state index contributed by atoms with van der Waals surface area (Å²) < 4.78 is 14.0. The summed E-state index contributed by atoms with van der Waals surface area (Å²) in [7, 11) is 0. The molecule has 3 heteroatoms. The Bertz CT molecular complexity index is 554. The molecule has 0 spiro atoms. The standard InChI is InChI=1S/C17H21FN2/c1-3-10-19-16(17-15(18)9-6-11-20-17)12-14-8-5-4-7-13(14)2/h4-9,11,16,19H,3,10,12H2,1-2H3. The molecule has 106 valence electrons. The Morgan fingerprint density at radius 1 is 1.20 bits per heavy atom. The lowest BCUT2D eigenvalue weighted by Crippen LogP contribution is -2.26. The van der Waals surface area contributed by atoms with Crippen molar-refractivity contribution in [2.75, 3.05) is 6.54 Å². The van der Waals surface area contributed by atoms with Gasteiger partial charge in [-0.1, -0.05) is 31.2 Å². The van der Waals surface area contributed by atoms with Crippen molar-refractivity contribution in [2.24, 2.45) is 0 Å². The van der Waals surface area contributed by atoms with Gasteiger partial charge in [-0.25, -0.2) is 4.39 Å². The Hall–Kier alpha value is -1.74. The number of aromatic nitrogens is 1. The number of pyridine rings is 1. The Balaban J connectivity index is 2.24. The van der Waals surface area contributed by atoms with Crippen molar-refractivity contribution in [1.82, 2.24) is 10.3 Å². The highest BCUT2D eigenvalue weighted by Crippen LogP contribution is 2.21. The first-order valence-electron chi connectivity index (χ1n) is 7.10. The maximum atomic E-state index is 14.0. The van der Waals surface area contributed by atoms with E-state index in [-0.39, 0.29) is 11.9 Å². The first kappa shape index (κ1) is 14.7. The second-order valence-electron chi connectivity index (χ2n) is 5.01. The van der Waals surface area contributed by atoms with Gasteiger partial charge >= 0.3 is 0 Å². The van der Waals surface area contributed by atoms with Gasteiger partial charge in [0.05, 0.1) is 11.7 Å². The SMILES string of the molecule is CCCNC(Cc1ccccc1C)c1ncccc1F. The van der Waals surface area contributed by atoms with Crippen LogP contribution in [0.1, 0.15) is 36.2 Å². The van der Waals surface area contributed by atoms with Gasteiger partial charge in [0, 0.05) is 6.20 Å². The Morgan fingerprint density at radius 3 is 2.70 bits per heavy atom. The van der Waals surface area contributed by atoms with Crippen LogP contribution in [0, 0.1) is 12.7 Å². The molecule has 2 nitrogen and oxygen atoms in total. The maximum Gasteiger partial charge on any atom is 0.146 e. The molecule has 0 fully saturated rings. The van der Waals surface area contributed by atoms with Crippen molar-refractivity contribution in [3.63, 3.8) is 0 Å². The van der Waals surface area contributed by atoms with Gasteiger partial charge in [0.2, 0.25) is 0 Å². The smallest absolute Gasteiger partial charge is 0.146 e. The number of hydrogen-bond donors (Lipinski definition) is 1. The summed E-state index contributed by atoms with van der Waals surface area (Å²) in [6.45, 7) is 5.04. The molecule has 0 bridgehead atoms. The van der Waals surface area contributed by atoms with E-state index in [1.165, 1.54) is 17.2 Å². The molecular weight excluding hydrogens is 251 g/mol. The third kappa shape index (κ3) is 3.64. The van der Waals surface area contributed by atoms with Gasteiger partial charge in [-0.2, -0.15) is 0 Å². The number of halogens is 1. The summed E-state index contributed by atoms with van der Waals surface area (Å²) >= 11 is 0. The van der Waals surface area contributed by atoms with E-state index in [0.717, 1.165) is 19.4 Å². The van der Waals surface area contributed by atoms with E-state index in [4.69, 9.17) is 0 Å². The van der Waals surface area contributed by atoms with Crippen LogP contribution in [-0.2, 0) is 6.42 Å². The van der Waals surface area contributed by atoms with Crippen molar-refractivity contribution in [3.05, 3.63) is 65.2 Å². The molecule has 0 radical (unpaired) electrons. The lowest BCUT2D eigenvalue weighted by atomic mass is 9.98. The third-order valence-electron chi connectivity index (χ3n) is 3.44. The fourth-order valence-electron chi connectivity index (χ4n) is 2.30. The predicted octanol–water partition coefficient (Wildman–Crippen LogP) is 3.81. The topological polar surface area (TPSA) is 24.9 Å². The molecule has 2 rings (SSSR count). The van der Waals surface area contributed by atoms with Gasteiger partial charge in [0.15, 0.2) is 0 Å². The first-order chi connectivity index (χ1) is 9.72. The molecule has 0 amide bonds. The largest absolute Gasteiger partial charge is 0.308 e. The number of rotatable bonds is 6. The number of nitrogens with one attached hydrogen (secondary N) is 1. The number of hydrogen-bond acceptors (Lipinski definition) is 2. The zero-order valence-electron chi connectivity index (χ0n) is 12.1. The summed E-state index contributed by atoms with van der Waals surface area (Å²) in [4.78, 5) is 4.22. The Morgan fingerprint density at radius 2 is 2.00 bits per heavy atom. The molecule has 1 heterocycles. The van der Waals surface area contributed by atoms with E-state index in [1.807, 2.05) is 12.1 Å². The normalized spacial score (nSPS) is 12.3. The fourth-order valence-corrected chi connectivity index (χ4v) is 2.30. The van der Waals surface area contributed by atoms with Crippen LogP contribution < -0.4 is 5.32 Å². The molecule has 2 aromatic rings. The molecule has 0 aliphatic rings. The minimum absolute atomic E-state index is 0.0859. The molecule has 20 heavy (non-hydrogen) atoms. The van der Waals surface area contributed by atoms with E-state index in [1.54, 1.807) is 12.3 Å². The minimum atomic E-state index is -0.241. The summed E-state index contributed by atoms with van der Waals surface area (Å²) in [5, 5.41) is 3.40. The van der Waals surface area contributed by atoms with Crippen LogP contribution in [0.25, 0.3) is 0 Å². The van der Waals surface area contributed by atoms with Crippen molar-refractivity contribution in [2.45, 2.75) is 32.7 Å². The molecular formula is C17H21FN2. The Kier molecular flexibility index (Phi) is 5.24. The van der Waals surface area contributed by atoms with Gasteiger partial charge in [-0.15, -0.1) is 0 Å². The van der Waals surface area contributed by atoms with Crippen LogP contribution in [0.4, 0.5) is 4.39 Å². The lowest BCUT2D eigenvalue weighted by Gasteiger charge is -2.19. The quantitative estimate of drug-likeness (QED) is 0.865. The fraction of sp³-hybridized carbons (Fsp3) is 0.353. The lowest BCUT2D eigenvalue weighted by molar-refractivity contribution is 0.482. The zero-order chi connectivity index (χ0) is 14.4. The van der Waals surface area contributed by atoms with Crippen LogP contribution in [0.15, 0.2) is 42.6 Å². The zero-order valence-corrected chi connectivity index (χ0v) is 12.1. The molecule has 0 aliphatic carbocycles. The van der Waals surface area contributed by atoms with Gasteiger partial charge in [0.1, 0.15) is 5.82 Å². The highest BCUT2D eigenvalue weighted by atomic mass is 19.1. The van der Waals surface area contributed by atoms with Crippen LogP contribution in [-0.4, -0.2) is 11.5 Å². The average molecular weight is 272 g/mol. The third-order valence-corrected chi connectivity index (χ3v) is 3.44. The van der Waals surface area contributed by atoms with Crippen molar-refractivity contribution < 1.29 is 4.39 Å². The van der Waals surface area contributed by atoms with Gasteiger partial charge in [-0.3, -0.25) is 4.98 Å². The van der Waals surface area contributed by atoms with Gasteiger partial charge in [0.25, 0.3) is 0 Å². The monoisotopic (exact) mass is 272 g/mol. The van der Waals surface area contributed by atoms with Gasteiger partial charge in [-0.05, 0) is 49.6 Å². The summed E-state index contributed by atoms with van der Waals surface area (Å²) in [5.41, 5.74) is 2.96. The molecule has 1 N–H and O–H groups in total. The van der Waals surface area contributed by atoms with Crippen LogP contribution in [0.2, 0.25) is 0 Å². The maximum absolute atomic E-state index is 14.0. The van der Waals surface area contributed by atoms with E-state index in [2.05, 4.69) is 36.3 Å². The number of nitrogens with zero attached hydrogens (tertiary/aromatic N) is 1. The van der Waals surface area contributed by atoms with E-state index in [0.29, 0.717) is 5.69 Å². The highest BCUT2D eigenvalue weighted by Gasteiger charge is 2.17. The molecule has 1 aromatic heterocycles. The Labute approximate surface area is 120 Å². The second kappa shape index (κ2) is 7.15. The van der Waals surface area contributed by atoms with Crippen LogP contribution in [0.3, 0.4) is 0 Å². The van der Waals surface area contributed by atoms with E-state index >= 15 is 0 Å². The van der Waals surface area contributed by atoms with Crippen LogP contribution in [0.5, 0.6) is 0 Å². The molecule has 0 saturated heterocycles. The van der Waals surface area contributed by atoms with E-state index in [9.17, 15) is 4.39 Å². The van der Waals surface area contributed by atoms with Crippen molar-refractivity contribution in [1.29, 1.82) is 0 Å². The number of aryl methyl sites for hydroxylation is 1. The van der Waals surface area contributed by atoms with Crippen molar-refractivity contribution >= 4 is 0 Å². The molecule has 1 atom stereocenters.